The fraction of sp³-hybridized carbons (Fsp3) is 0.643. The molecule has 9 heteroatoms. The van der Waals surface area contributed by atoms with E-state index in [2.05, 4.69) is 14.9 Å². The summed E-state index contributed by atoms with van der Waals surface area (Å²) in [5.74, 6) is 0.0275. The summed E-state index contributed by atoms with van der Waals surface area (Å²) in [5.41, 5.74) is 0. The minimum Gasteiger partial charge on any atom is -0.383 e. The number of nitrogens with zero attached hydrogens (tertiary/aromatic N) is 1. The number of likely N-dealkylation sites (tertiary alicyclic amines) is 1. The Bertz CT molecular complexity index is 630. The van der Waals surface area contributed by atoms with Crippen LogP contribution in [-0.2, 0) is 14.8 Å². The van der Waals surface area contributed by atoms with E-state index in [9.17, 15) is 13.2 Å². The molecule has 2 heterocycles. The van der Waals surface area contributed by atoms with Gasteiger partial charge in [-0.25, -0.2) is 13.1 Å². The van der Waals surface area contributed by atoms with Crippen molar-refractivity contribution < 1.29 is 17.9 Å². The molecule has 2 N–H and O–H groups in total. The van der Waals surface area contributed by atoms with E-state index >= 15 is 0 Å². The number of hydrogen-bond acceptors (Lipinski definition) is 6. The van der Waals surface area contributed by atoms with E-state index in [1.807, 2.05) is 0 Å². The van der Waals surface area contributed by atoms with Crippen LogP contribution in [0.1, 0.15) is 16.1 Å². The molecule has 1 amide bonds. The van der Waals surface area contributed by atoms with Crippen molar-refractivity contribution in [2.45, 2.75) is 11.3 Å². The predicted octanol–water partition coefficient (Wildman–Crippen LogP) is 0.354. The fourth-order valence-electron chi connectivity index (χ4n) is 2.52. The van der Waals surface area contributed by atoms with Gasteiger partial charge in [-0.3, -0.25) is 4.79 Å². The van der Waals surface area contributed by atoms with Gasteiger partial charge < -0.3 is 15.0 Å². The molecule has 1 atom stereocenters. The molecule has 130 valence electrons. The summed E-state index contributed by atoms with van der Waals surface area (Å²) in [6, 6.07) is 1.41. The smallest absolute Gasteiger partial charge is 0.261 e. The number of thiophene rings is 1. The third kappa shape index (κ3) is 4.98. The summed E-state index contributed by atoms with van der Waals surface area (Å²) in [6.45, 7) is 3.82. The molecule has 0 saturated carbocycles. The molecule has 1 aromatic rings. The standard InChI is InChI=1S/C14H23N3O4S2/c1-15-14(18)13-7-12(10-22-13)23(19,20)16-8-11-3-4-17(9-11)5-6-21-2/h7,10-11,16H,3-6,8-9H2,1-2H3,(H,15,18)/t11-/m0/s1. The Kier molecular flexibility index (Phi) is 6.54. The lowest BCUT2D eigenvalue weighted by Gasteiger charge is -2.15. The predicted molar refractivity (Wildman–Crippen MR) is 89.3 cm³/mol. The maximum atomic E-state index is 12.3. The Labute approximate surface area is 141 Å². The van der Waals surface area contributed by atoms with Crippen LogP contribution >= 0.6 is 11.3 Å². The molecule has 1 aromatic heterocycles. The van der Waals surface area contributed by atoms with Gasteiger partial charge in [-0.15, -0.1) is 11.3 Å². The Morgan fingerprint density at radius 3 is 3.00 bits per heavy atom. The van der Waals surface area contributed by atoms with Gasteiger partial charge in [0.15, 0.2) is 0 Å². The summed E-state index contributed by atoms with van der Waals surface area (Å²) in [6.07, 6.45) is 0.972. The lowest BCUT2D eigenvalue weighted by atomic mass is 10.1. The first-order valence-corrected chi connectivity index (χ1v) is 9.84. The third-order valence-corrected chi connectivity index (χ3v) is 6.36. The Balaban J connectivity index is 1.87. The second-order valence-electron chi connectivity index (χ2n) is 5.53. The lowest BCUT2D eigenvalue weighted by molar-refractivity contribution is 0.0967. The van der Waals surface area contributed by atoms with Crippen molar-refractivity contribution in [2.24, 2.45) is 5.92 Å². The molecule has 2 rings (SSSR count). The second-order valence-corrected chi connectivity index (χ2v) is 8.20. The van der Waals surface area contributed by atoms with Crippen molar-refractivity contribution in [3.05, 3.63) is 16.3 Å². The molecule has 0 aromatic carbocycles. The zero-order chi connectivity index (χ0) is 16.9. The summed E-state index contributed by atoms with van der Waals surface area (Å²) >= 11 is 1.12. The average Bonchev–Trinajstić information content (AvgIpc) is 3.20. The van der Waals surface area contributed by atoms with Crippen LogP contribution in [0.2, 0.25) is 0 Å². The van der Waals surface area contributed by atoms with Gasteiger partial charge in [0.25, 0.3) is 5.91 Å². The van der Waals surface area contributed by atoms with Crippen LogP contribution in [-0.4, -0.2) is 66.2 Å². The molecule has 23 heavy (non-hydrogen) atoms. The molecular formula is C14H23N3O4S2. The summed E-state index contributed by atoms with van der Waals surface area (Å²) < 4.78 is 32.3. The minimum atomic E-state index is -3.57. The quantitative estimate of drug-likeness (QED) is 0.698. The minimum absolute atomic E-state index is 0.148. The van der Waals surface area contributed by atoms with Crippen molar-refractivity contribution in [3.63, 3.8) is 0 Å². The molecule has 0 bridgehead atoms. The molecule has 1 aliphatic heterocycles. The number of hydrogen-bond donors (Lipinski definition) is 2. The molecule has 0 unspecified atom stereocenters. The van der Waals surface area contributed by atoms with Crippen molar-refractivity contribution in [1.82, 2.24) is 14.9 Å². The summed E-state index contributed by atoms with van der Waals surface area (Å²) in [4.78, 5) is 14.3. The Morgan fingerprint density at radius 1 is 1.52 bits per heavy atom. The van der Waals surface area contributed by atoms with Gasteiger partial charge in [-0.2, -0.15) is 0 Å². The SMILES string of the molecule is CNC(=O)c1cc(S(=O)(=O)NC[C@@H]2CCN(CCOC)C2)cs1. The van der Waals surface area contributed by atoms with Crippen molar-refractivity contribution in [3.8, 4) is 0 Å². The first kappa shape index (κ1) is 18.3. The van der Waals surface area contributed by atoms with Gasteiger partial charge in [-0.05, 0) is 24.9 Å². The number of methoxy groups -OCH3 is 1. The number of carbonyl (C=O) groups excluding carboxylic acids is 1. The molecule has 0 aliphatic carbocycles. The van der Waals surface area contributed by atoms with Crippen molar-refractivity contribution >= 4 is 27.3 Å². The van der Waals surface area contributed by atoms with Gasteiger partial charge in [0.1, 0.15) is 0 Å². The van der Waals surface area contributed by atoms with Crippen molar-refractivity contribution in [1.29, 1.82) is 0 Å². The highest BCUT2D eigenvalue weighted by atomic mass is 32.2. The van der Waals surface area contributed by atoms with Crippen molar-refractivity contribution in [2.75, 3.05) is 46.9 Å². The van der Waals surface area contributed by atoms with Gasteiger partial charge >= 0.3 is 0 Å². The first-order valence-electron chi connectivity index (χ1n) is 7.48. The van der Waals surface area contributed by atoms with Crippen LogP contribution in [0.3, 0.4) is 0 Å². The van der Waals surface area contributed by atoms with E-state index in [-0.39, 0.29) is 10.8 Å². The van der Waals surface area contributed by atoms with Crippen LogP contribution in [0.15, 0.2) is 16.3 Å². The summed E-state index contributed by atoms with van der Waals surface area (Å²) in [7, 11) is -0.372. The molecule has 1 saturated heterocycles. The molecule has 1 aliphatic rings. The van der Waals surface area contributed by atoms with Crippen LogP contribution in [0.4, 0.5) is 0 Å². The average molecular weight is 361 g/mol. The number of carbonyl (C=O) groups is 1. The van der Waals surface area contributed by atoms with E-state index in [1.165, 1.54) is 18.5 Å². The van der Waals surface area contributed by atoms with E-state index in [4.69, 9.17) is 4.74 Å². The molecule has 0 radical (unpaired) electrons. The zero-order valence-electron chi connectivity index (χ0n) is 13.4. The highest BCUT2D eigenvalue weighted by Gasteiger charge is 2.25. The molecular weight excluding hydrogens is 338 g/mol. The van der Waals surface area contributed by atoms with Crippen LogP contribution in [0.25, 0.3) is 0 Å². The van der Waals surface area contributed by atoms with Gasteiger partial charge in [0.05, 0.1) is 16.4 Å². The highest BCUT2D eigenvalue weighted by molar-refractivity contribution is 7.89. The largest absolute Gasteiger partial charge is 0.383 e. The maximum Gasteiger partial charge on any atom is 0.261 e. The van der Waals surface area contributed by atoms with E-state index < -0.39 is 10.0 Å². The van der Waals surface area contributed by atoms with E-state index in [1.54, 1.807) is 7.11 Å². The van der Waals surface area contributed by atoms with Crippen LogP contribution in [0.5, 0.6) is 0 Å². The number of amides is 1. The van der Waals surface area contributed by atoms with Crippen LogP contribution < -0.4 is 10.0 Å². The van der Waals surface area contributed by atoms with Gasteiger partial charge in [0.2, 0.25) is 10.0 Å². The first-order chi connectivity index (χ1) is 11.0. The number of sulfonamides is 1. The number of ether oxygens (including phenoxy) is 1. The normalized spacial score (nSPS) is 19.1. The second kappa shape index (κ2) is 8.20. The number of rotatable bonds is 8. The molecule has 1 fully saturated rings. The van der Waals surface area contributed by atoms with E-state index in [0.717, 1.165) is 37.4 Å². The van der Waals surface area contributed by atoms with E-state index in [0.29, 0.717) is 23.9 Å². The third-order valence-electron chi connectivity index (χ3n) is 3.88. The summed E-state index contributed by atoms with van der Waals surface area (Å²) in [5, 5.41) is 3.98. The fourth-order valence-corrected chi connectivity index (χ4v) is 4.85. The van der Waals surface area contributed by atoms with Crippen LogP contribution in [0, 0.1) is 5.92 Å². The topological polar surface area (TPSA) is 87.7 Å². The van der Waals surface area contributed by atoms with Gasteiger partial charge in [-0.1, -0.05) is 0 Å². The Hall–Kier alpha value is -1.00. The Morgan fingerprint density at radius 2 is 2.30 bits per heavy atom. The zero-order valence-corrected chi connectivity index (χ0v) is 15.0. The molecule has 0 spiro atoms. The molecule has 7 nitrogen and oxygen atoms in total. The van der Waals surface area contributed by atoms with Gasteiger partial charge in [0, 0.05) is 39.2 Å². The maximum absolute atomic E-state index is 12.3. The number of nitrogens with one attached hydrogen (secondary N) is 2. The monoisotopic (exact) mass is 361 g/mol. The lowest BCUT2D eigenvalue weighted by Crippen LogP contribution is -2.31. The highest BCUT2D eigenvalue weighted by Crippen LogP contribution is 2.20.